The van der Waals surface area contributed by atoms with E-state index in [4.69, 9.17) is 5.73 Å². The number of nitrogens with one attached hydrogen (secondary N) is 1. The van der Waals surface area contributed by atoms with Gasteiger partial charge in [-0.2, -0.15) is 0 Å². The van der Waals surface area contributed by atoms with Crippen LogP contribution in [-0.4, -0.2) is 24.5 Å². The fourth-order valence-electron chi connectivity index (χ4n) is 3.39. The monoisotopic (exact) mass is 513 g/mol. The number of allylic oxidation sites excluding steroid dienone is 2. The Morgan fingerprint density at radius 2 is 1.70 bits per heavy atom. The molecule has 180 valence electrons. The normalized spacial score (nSPS) is 13.6. The summed E-state index contributed by atoms with van der Waals surface area (Å²) in [6.07, 6.45) is 4.55. The molecule has 1 atom stereocenters. The molecular formula is C28H40BrN3O. The number of aliphatic hydroxyl groups excluding tert-OH is 1. The van der Waals surface area contributed by atoms with Crippen LogP contribution < -0.4 is 11.1 Å². The number of aryl methyl sites for hydroxylation is 2. The fourth-order valence-corrected chi connectivity index (χ4v) is 3.80. The third-order valence-corrected chi connectivity index (χ3v) is 5.86. The number of nitrogens with zero attached hydrogens (tertiary/aromatic N) is 1. The van der Waals surface area contributed by atoms with Gasteiger partial charge < -0.3 is 16.2 Å². The van der Waals surface area contributed by atoms with Gasteiger partial charge in [-0.15, -0.1) is 0 Å². The molecule has 33 heavy (non-hydrogen) atoms. The molecule has 0 aliphatic heterocycles. The lowest BCUT2D eigenvalue weighted by Gasteiger charge is -2.14. The summed E-state index contributed by atoms with van der Waals surface area (Å²) in [6, 6.07) is 16.1. The number of hydrogen-bond donors (Lipinski definition) is 3. The maximum Gasteiger partial charge on any atom is 0.144 e. The molecule has 1 unspecified atom stereocenters. The topological polar surface area (TPSA) is 70.6 Å². The molecule has 0 bridgehead atoms. The molecule has 4 N–H and O–H groups in total. The Morgan fingerprint density at radius 3 is 2.24 bits per heavy atom. The summed E-state index contributed by atoms with van der Waals surface area (Å²) in [6.45, 7) is 11.1. The van der Waals surface area contributed by atoms with E-state index in [0.717, 1.165) is 42.5 Å². The van der Waals surface area contributed by atoms with Gasteiger partial charge in [-0.1, -0.05) is 79.2 Å². The maximum absolute atomic E-state index is 10.4. The van der Waals surface area contributed by atoms with Crippen molar-refractivity contribution in [3.8, 4) is 0 Å². The number of benzene rings is 2. The predicted molar refractivity (Wildman–Crippen MR) is 147 cm³/mol. The smallest absolute Gasteiger partial charge is 0.144 e. The average molecular weight is 515 g/mol. The standard InChI is InChI=1S/C18H27N3O.C10H13Br/c1-5-11-21-18(20-4)16(19)13(2)12-14(3)17(22)15-9-7-6-8-10-15;1-3-8-5-6-10(11)7-9(8)4-2/h6-10,12,17,22H,5,11,19H2,1-4H3,(H,20,21);5-7H,3-4H2,1-2H3/b14-12+,16-13+;. The Bertz CT molecular complexity index is 949. The molecule has 2 aromatic rings. The van der Waals surface area contributed by atoms with Gasteiger partial charge in [0.15, 0.2) is 0 Å². The van der Waals surface area contributed by atoms with Gasteiger partial charge in [0.1, 0.15) is 11.9 Å². The fraction of sp³-hybridized carbons (Fsp3) is 0.393. The number of aliphatic imine (C=N–C) groups is 1. The Labute approximate surface area is 208 Å². The van der Waals surface area contributed by atoms with Crippen LogP contribution in [0.2, 0.25) is 0 Å². The van der Waals surface area contributed by atoms with Gasteiger partial charge in [0.2, 0.25) is 0 Å². The molecule has 5 heteroatoms. The maximum atomic E-state index is 10.4. The summed E-state index contributed by atoms with van der Waals surface area (Å²) >= 11 is 3.47. The van der Waals surface area contributed by atoms with Crippen molar-refractivity contribution < 1.29 is 5.11 Å². The van der Waals surface area contributed by atoms with Gasteiger partial charge in [0.05, 0.1) is 5.70 Å². The third kappa shape index (κ3) is 9.56. The van der Waals surface area contributed by atoms with Gasteiger partial charge in [0.25, 0.3) is 0 Å². The highest BCUT2D eigenvalue weighted by molar-refractivity contribution is 9.10. The lowest BCUT2D eigenvalue weighted by molar-refractivity contribution is 0.215. The van der Waals surface area contributed by atoms with Gasteiger partial charge in [0, 0.05) is 18.1 Å². The van der Waals surface area contributed by atoms with Crippen molar-refractivity contribution >= 4 is 21.8 Å². The van der Waals surface area contributed by atoms with Crippen LogP contribution in [0.3, 0.4) is 0 Å². The van der Waals surface area contributed by atoms with Gasteiger partial charge in [-0.3, -0.25) is 4.99 Å². The molecule has 2 rings (SSSR count). The summed E-state index contributed by atoms with van der Waals surface area (Å²) in [4.78, 5) is 4.19. The van der Waals surface area contributed by atoms with E-state index in [-0.39, 0.29) is 0 Å². The van der Waals surface area contributed by atoms with Gasteiger partial charge in [-0.25, -0.2) is 0 Å². The van der Waals surface area contributed by atoms with Crippen molar-refractivity contribution in [1.82, 2.24) is 5.32 Å². The lowest BCUT2D eigenvalue weighted by Crippen LogP contribution is -2.30. The second-order valence-corrected chi connectivity index (χ2v) is 8.83. The number of nitrogens with two attached hydrogens (primary N) is 1. The zero-order valence-electron chi connectivity index (χ0n) is 21.0. The minimum atomic E-state index is -0.630. The molecule has 2 aromatic carbocycles. The Hall–Kier alpha value is -2.37. The summed E-state index contributed by atoms with van der Waals surface area (Å²) < 4.78 is 1.19. The molecule has 0 aromatic heterocycles. The average Bonchev–Trinajstić information content (AvgIpc) is 2.84. The van der Waals surface area contributed by atoms with E-state index in [9.17, 15) is 5.11 Å². The van der Waals surface area contributed by atoms with E-state index < -0.39 is 6.10 Å². The van der Waals surface area contributed by atoms with Crippen LogP contribution >= 0.6 is 15.9 Å². The molecule has 0 saturated heterocycles. The van der Waals surface area contributed by atoms with E-state index in [2.05, 4.69) is 65.2 Å². The van der Waals surface area contributed by atoms with Crippen LogP contribution in [0.5, 0.6) is 0 Å². The zero-order chi connectivity index (χ0) is 24.8. The van der Waals surface area contributed by atoms with E-state index in [1.54, 1.807) is 7.05 Å². The first-order chi connectivity index (χ1) is 15.8. The number of halogens is 1. The molecule has 0 spiro atoms. The molecule has 0 aliphatic rings. The van der Waals surface area contributed by atoms with Crippen LogP contribution in [0.25, 0.3) is 0 Å². The first-order valence-corrected chi connectivity index (χ1v) is 12.4. The number of rotatable bonds is 8. The Kier molecular flexibility index (Phi) is 13.4. The highest BCUT2D eigenvalue weighted by atomic mass is 79.9. The number of amidine groups is 1. The SMILES string of the molecule is CCCNC(=NC)/C(N)=C(C)\C=C(/C)C(O)c1ccccc1.CCc1ccc(Br)cc1CC. The molecule has 0 fully saturated rings. The highest BCUT2D eigenvalue weighted by Crippen LogP contribution is 2.22. The van der Waals surface area contributed by atoms with Crippen molar-refractivity contribution in [1.29, 1.82) is 0 Å². The molecule has 4 nitrogen and oxygen atoms in total. The minimum absolute atomic E-state index is 0.607. The first-order valence-electron chi connectivity index (χ1n) is 11.6. The van der Waals surface area contributed by atoms with E-state index >= 15 is 0 Å². The van der Waals surface area contributed by atoms with Crippen molar-refractivity contribution in [2.24, 2.45) is 10.7 Å². The van der Waals surface area contributed by atoms with Crippen molar-refractivity contribution in [3.05, 3.63) is 92.6 Å². The van der Waals surface area contributed by atoms with E-state index in [1.165, 1.54) is 15.6 Å². The van der Waals surface area contributed by atoms with Crippen molar-refractivity contribution in [2.45, 2.75) is 60.0 Å². The van der Waals surface area contributed by atoms with Gasteiger partial charge in [-0.05, 0) is 73.1 Å². The lowest BCUT2D eigenvalue weighted by atomic mass is 10.0. The molecule has 0 heterocycles. The van der Waals surface area contributed by atoms with Crippen LogP contribution in [0.15, 0.2) is 80.9 Å². The summed E-state index contributed by atoms with van der Waals surface area (Å²) in [7, 11) is 1.72. The van der Waals surface area contributed by atoms with Crippen molar-refractivity contribution in [3.63, 3.8) is 0 Å². The predicted octanol–water partition coefficient (Wildman–Crippen LogP) is 6.50. The molecule has 0 aliphatic carbocycles. The Morgan fingerprint density at radius 1 is 1.06 bits per heavy atom. The van der Waals surface area contributed by atoms with Gasteiger partial charge >= 0.3 is 0 Å². The third-order valence-electron chi connectivity index (χ3n) is 5.37. The number of aliphatic hydroxyl groups is 1. The molecule has 0 amide bonds. The summed E-state index contributed by atoms with van der Waals surface area (Å²) in [5, 5.41) is 13.6. The Balaban J connectivity index is 0.000000412. The first kappa shape index (κ1) is 28.7. The second kappa shape index (κ2) is 15.5. The van der Waals surface area contributed by atoms with Crippen LogP contribution in [0.1, 0.15) is 63.8 Å². The molecule has 0 radical (unpaired) electrons. The van der Waals surface area contributed by atoms with E-state index in [0.29, 0.717) is 11.5 Å². The summed E-state index contributed by atoms with van der Waals surface area (Å²) in [5.41, 5.74) is 12.3. The minimum Gasteiger partial charge on any atom is -0.396 e. The molecule has 0 saturated carbocycles. The van der Waals surface area contributed by atoms with Crippen LogP contribution in [-0.2, 0) is 12.8 Å². The zero-order valence-corrected chi connectivity index (χ0v) is 22.5. The van der Waals surface area contributed by atoms with Crippen molar-refractivity contribution in [2.75, 3.05) is 13.6 Å². The summed E-state index contributed by atoms with van der Waals surface area (Å²) in [5.74, 6) is 0.692. The van der Waals surface area contributed by atoms with Crippen LogP contribution in [0, 0.1) is 0 Å². The molecular weight excluding hydrogens is 474 g/mol. The largest absolute Gasteiger partial charge is 0.396 e. The number of hydrogen-bond acceptors (Lipinski definition) is 3. The quantitative estimate of drug-likeness (QED) is 0.214. The highest BCUT2D eigenvalue weighted by Gasteiger charge is 2.10. The second-order valence-electron chi connectivity index (χ2n) is 7.92. The van der Waals surface area contributed by atoms with Crippen LogP contribution in [0.4, 0.5) is 0 Å². The van der Waals surface area contributed by atoms with E-state index in [1.807, 2.05) is 50.3 Å².